The van der Waals surface area contributed by atoms with Crippen molar-refractivity contribution in [1.82, 2.24) is 5.32 Å². The molecule has 1 aromatic carbocycles. The predicted octanol–water partition coefficient (Wildman–Crippen LogP) is 2.95. The molecule has 1 aliphatic rings. The Morgan fingerprint density at radius 3 is 2.44 bits per heavy atom. The third-order valence-electron chi connectivity index (χ3n) is 4.45. The molecule has 0 aliphatic carbocycles. The second-order valence-corrected chi connectivity index (χ2v) is 8.47. The Hall–Kier alpha value is -1.60. The molecule has 0 atom stereocenters. The van der Waals surface area contributed by atoms with Crippen LogP contribution in [0.1, 0.15) is 45.4 Å². The third kappa shape index (κ3) is 7.44. The molecule has 0 saturated carbocycles. The van der Waals surface area contributed by atoms with Crippen molar-refractivity contribution in [2.75, 3.05) is 28.9 Å². The molecular formula is C18H29N3O3S. The quantitative estimate of drug-likeness (QED) is 0.626. The monoisotopic (exact) mass is 367 g/mol. The summed E-state index contributed by atoms with van der Waals surface area (Å²) in [6, 6.07) is 6.79. The van der Waals surface area contributed by atoms with Crippen molar-refractivity contribution in [2.24, 2.45) is 5.92 Å². The van der Waals surface area contributed by atoms with Crippen LogP contribution in [0, 0.1) is 5.92 Å². The molecule has 7 heteroatoms. The van der Waals surface area contributed by atoms with E-state index < -0.39 is 10.0 Å². The minimum atomic E-state index is -3.30. The van der Waals surface area contributed by atoms with Gasteiger partial charge in [0.1, 0.15) is 0 Å². The zero-order valence-electron chi connectivity index (χ0n) is 14.9. The Morgan fingerprint density at radius 1 is 1.16 bits per heavy atom. The molecule has 1 heterocycles. The number of carbonyl (C=O) groups is 1. The summed E-state index contributed by atoms with van der Waals surface area (Å²) in [5.41, 5.74) is 1.20. The van der Waals surface area contributed by atoms with Gasteiger partial charge in [0.25, 0.3) is 0 Å². The number of hydrogen-bond donors (Lipinski definition) is 3. The van der Waals surface area contributed by atoms with E-state index in [4.69, 9.17) is 0 Å². The van der Waals surface area contributed by atoms with E-state index >= 15 is 0 Å². The normalized spacial score (nSPS) is 15.7. The maximum Gasteiger partial charge on any atom is 0.232 e. The van der Waals surface area contributed by atoms with Crippen LogP contribution in [0.25, 0.3) is 0 Å². The lowest BCUT2D eigenvalue weighted by Crippen LogP contribution is -2.28. The summed E-state index contributed by atoms with van der Waals surface area (Å²) >= 11 is 0. The van der Waals surface area contributed by atoms with Gasteiger partial charge in [0, 0.05) is 17.8 Å². The molecule has 140 valence electrons. The molecule has 0 aromatic heterocycles. The van der Waals surface area contributed by atoms with Gasteiger partial charge in [-0.05, 0) is 69.0 Å². The van der Waals surface area contributed by atoms with Crippen molar-refractivity contribution in [3.8, 4) is 0 Å². The van der Waals surface area contributed by atoms with E-state index in [-0.39, 0.29) is 11.7 Å². The van der Waals surface area contributed by atoms with E-state index in [1.165, 1.54) is 0 Å². The molecule has 1 amide bonds. The summed E-state index contributed by atoms with van der Waals surface area (Å²) in [4.78, 5) is 12.0. The maximum absolute atomic E-state index is 12.0. The van der Waals surface area contributed by atoms with Crippen LogP contribution >= 0.6 is 0 Å². The smallest absolute Gasteiger partial charge is 0.232 e. The molecule has 6 nitrogen and oxygen atoms in total. The first-order valence-corrected chi connectivity index (χ1v) is 10.7. The number of amides is 1. The highest BCUT2D eigenvalue weighted by Crippen LogP contribution is 2.19. The van der Waals surface area contributed by atoms with Crippen LogP contribution in [0.2, 0.25) is 0 Å². The zero-order valence-corrected chi connectivity index (χ0v) is 15.7. The van der Waals surface area contributed by atoms with Crippen molar-refractivity contribution in [1.29, 1.82) is 0 Å². The molecule has 25 heavy (non-hydrogen) atoms. The van der Waals surface area contributed by atoms with Crippen LogP contribution in [0.15, 0.2) is 24.3 Å². The fourth-order valence-corrected chi connectivity index (χ4v) is 4.18. The van der Waals surface area contributed by atoms with E-state index in [0.717, 1.165) is 38.8 Å². The van der Waals surface area contributed by atoms with Crippen LogP contribution in [0.4, 0.5) is 11.4 Å². The van der Waals surface area contributed by atoms with E-state index in [1.807, 2.05) is 6.92 Å². The van der Waals surface area contributed by atoms with Crippen molar-refractivity contribution in [2.45, 2.75) is 45.4 Å². The fraction of sp³-hybridized carbons (Fsp3) is 0.611. The number of sulfonamides is 1. The van der Waals surface area contributed by atoms with E-state index in [0.29, 0.717) is 30.1 Å². The highest BCUT2D eigenvalue weighted by Gasteiger charge is 2.14. The third-order valence-corrected chi connectivity index (χ3v) is 5.82. The first-order chi connectivity index (χ1) is 12.0. The van der Waals surface area contributed by atoms with E-state index in [2.05, 4.69) is 15.4 Å². The number of carbonyl (C=O) groups excluding carboxylic acids is 1. The molecule has 2 rings (SSSR count). The predicted molar refractivity (Wildman–Crippen MR) is 102 cm³/mol. The highest BCUT2D eigenvalue weighted by atomic mass is 32.2. The average Bonchev–Trinajstić information content (AvgIpc) is 2.61. The Morgan fingerprint density at radius 2 is 1.80 bits per heavy atom. The minimum absolute atomic E-state index is 0.00908. The van der Waals surface area contributed by atoms with Crippen LogP contribution < -0.4 is 15.4 Å². The molecule has 1 aromatic rings. The van der Waals surface area contributed by atoms with Gasteiger partial charge in [-0.2, -0.15) is 0 Å². The van der Waals surface area contributed by atoms with Gasteiger partial charge in [0.2, 0.25) is 15.9 Å². The van der Waals surface area contributed by atoms with Crippen molar-refractivity contribution < 1.29 is 13.2 Å². The number of benzene rings is 1. The van der Waals surface area contributed by atoms with Crippen molar-refractivity contribution in [3.05, 3.63) is 24.3 Å². The van der Waals surface area contributed by atoms with E-state index in [1.54, 1.807) is 24.3 Å². The summed E-state index contributed by atoms with van der Waals surface area (Å²) in [6.45, 7) is 4.04. The molecule has 0 bridgehead atoms. The molecule has 3 N–H and O–H groups in total. The molecule has 1 aliphatic heterocycles. The van der Waals surface area contributed by atoms with Gasteiger partial charge in [-0.1, -0.05) is 13.3 Å². The van der Waals surface area contributed by atoms with Crippen molar-refractivity contribution >= 4 is 27.3 Å². The second kappa shape index (κ2) is 9.77. The standard InChI is InChI=1S/C18H29N3O3S/c1-2-3-14-25(23,24)21-17-7-5-16(6-8-17)20-18(22)9-4-15-10-12-19-13-11-15/h5-8,15,19,21H,2-4,9-14H2,1H3,(H,20,22). The lowest BCUT2D eigenvalue weighted by atomic mass is 9.93. The number of hydrogen-bond acceptors (Lipinski definition) is 4. The van der Waals surface area contributed by atoms with Crippen molar-refractivity contribution in [3.63, 3.8) is 0 Å². The van der Waals surface area contributed by atoms with Gasteiger partial charge >= 0.3 is 0 Å². The van der Waals surface area contributed by atoms with Gasteiger partial charge < -0.3 is 10.6 Å². The van der Waals surface area contributed by atoms with Crippen LogP contribution in [-0.4, -0.2) is 33.2 Å². The summed E-state index contributed by atoms with van der Waals surface area (Å²) < 4.78 is 26.3. The van der Waals surface area contributed by atoms with Gasteiger partial charge in [-0.25, -0.2) is 8.42 Å². The van der Waals surface area contributed by atoms with Gasteiger partial charge in [-0.3, -0.25) is 9.52 Å². The van der Waals surface area contributed by atoms with Crippen LogP contribution in [0.5, 0.6) is 0 Å². The van der Waals surface area contributed by atoms with Gasteiger partial charge in [0.05, 0.1) is 5.75 Å². The lowest BCUT2D eigenvalue weighted by Gasteiger charge is -2.22. The van der Waals surface area contributed by atoms with Crippen LogP contribution in [0.3, 0.4) is 0 Å². The van der Waals surface area contributed by atoms with Gasteiger partial charge in [-0.15, -0.1) is 0 Å². The summed E-state index contributed by atoms with van der Waals surface area (Å²) in [6.07, 6.45) is 5.20. The Kier molecular flexibility index (Phi) is 7.71. The SMILES string of the molecule is CCCCS(=O)(=O)Nc1ccc(NC(=O)CCC2CCNCC2)cc1. The Bertz CT molecular complexity index is 638. The number of rotatable bonds is 9. The Balaban J connectivity index is 1.78. The Labute approximate surface area is 150 Å². The minimum Gasteiger partial charge on any atom is -0.326 e. The molecule has 1 saturated heterocycles. The number of nitrogens with one attached hydrogen (secondary N) is 3. The van der Waals surface area contributed by atoms with Gasteiger partial charge in [0.15, 0.2) is 0 Å². The molecule has 1 fully saturated rings. The molecule has 0 spiro atoms. The van der Waals surface area contributed by atoms with Crippen LogP contribution in [-0.2, 0) is 14.8 Å². The second-order valence-electron chi connectivity index (χ2n) is 6.63. The topological polar surface area (TPSA) is 87.3 Å². The number of unbranched alkanes of at least 4 members (excludes halogenated alkanes) is 1. The number of piperidine rings is 1. The summed E-state index contributed by atoms with van der Waals surface area (Å²) in [5.74, 6) is 0.764. The van der Waals surface area contributed by atoms with E-state index in [9.17, 15) is 13.2 Å². The zero-order chi connectivity index (χ0) is 18.1. The number of anilines is 2. The first kappa shape index (κ1) is 19.7. The maximum atomic E-state index is 12.0. The molecule has 0 unspecified atom stereocenters. The highest BCUT2D eigenvalue weighted by molar-refractivity contribution is 7.92. The fourth-order valence-electron chi connectivity index (χ4n) is 2.92. The summed E-state index contributed by atoms with van der Waals surface area (Å²) in [5, 5.41) is 6.20. The first-order valence-electron chi connectivity index (χ1n) is 9.09. The summed E-state index contributed by atoms with van der Waals surface area (Å²) in [7, 11) is -3.30. The molecule has 0 radical (unpaired) electrons. The lowest BCUT2D eigenvalue weighted by molar-refractivity contribution is -0.116. The largest absolute Gasteiger partial charge is 0.326 e. The average molecular weight is 368 g/mol. The molecular weight excluding hydrogens is 338 g/mol.